The Bertz CT molecular complexity index is 434. The van der Waals surface area contributed by atoms with Crippen molar-refractivity contribution in [3.8, 4) is 0 Å². The Balaban J connectivity index is 1.86. The molecule has 1 fully saturated rings. The van der Waals surface area contributed by atoms with Gasteiger partial charge in [-0.25, -0.2) is 0 Å². The fraction of sp³-hybridized carbons (Fsp3) is 0.667. The van der Waals surface area contributed by atoms with E-state index < -0.39 is 0 Å². The van der Waals surface area contributed by atoms with Crippen molar-refractivity contribution in [1.29, 1.82) is 0 Å². The van der Waals surface area contributed by atoms with Crippen molar-refractivity contribution in [2.75, 3.05) is 20.1 Å². The van der Waals surface area contributed by atoms with Crippen LogP contribution >= 0.6 is 0 Å². The molecule has 1 aromatic rings. The molecule has 0 heterocycles. The van der Waals surface area contributed by atoms with Crippen LogP contribution in [0.25, 0.3) is 0 Å². The average molecular weight is 274 g/mol. The summed E-state index contributed by atoms with van der Waals surface area (Å²) < 4.78 is 0. The lowest BCUT2D eigenvalue weighted by Gasteiger charge is -2.11. The molecular formula is C18H30N2. The van der Waals surface area contributed by atoms with Crippen LogP contribution in [0, 0.1) is 16.7 Å². The van der Waals surface area contributed by atoms with Crippen molar-refractivity contribution in [2.45, 2.75) is 40.7 Å². The third-order valence-electron chi connectivity index (χ3n) is 5.75. The van der Waals surface area contributed by atoms with Crippen LogP contribution in [0.4, 0.5) is 0 Å². The summed E-state index contributed by atoms with van der Waals surface area (Å²) in [6, 6.07) is 8.78. The van der Waals surface area contributed by atoms with Crippen LogP contribution in [-0.2, 0) is 13.0 Å². The van der Waals surface area contributed by atoms with Gasteiger partial charge in [0.05, 0.1) is 0 Å². The minimum absolute atomic E-state index is 0.478. The molecule has 0 aromatic heterocycles. The first-order valence-electron chi connectivity index (χ1n) is 7.83. The standard InChI is InChI=1S/C18H30N2/c1-17(2)16(18(17,3)4)13-20-12-15-9-7-6-8-14(15)10-11-19-5/h6-9,16,19-20H,10-13H2,1-5H3. The van der Waals surface area contributed by atoms with E-state index in [2.05, 4.69) is 62.6 Å². The van der Waals surface area contributed by atoms with Gasteiger partial charge in [0.25, 0.3) is 0 Å². The van der Waals surface area contributed by atoms with E-state index in [1.54, 1.807) is 0 Å². The van der Waals surface area contributed by atoms with Crippen molar-refractivity contribution < 1.29 is 0 Å². The van der Waals surface area contributed by atoms with Crippen molar-refractivity contribution in [3.05, 3.63) is 35.4 Å². The lowest BCUT2D eigenvalue weighted by atomic mass is 10.0. The van der Waals surface area contributed by atoms with Gasteiger partial charge in [0.2, 0.25) is 0 Å². The minimum Gasteiger partial charge on any atom is -0.319 e. The topological polar surface area (TPSA) is 24.1 Å². The van der Waals surface area contributed by atoms with Gasteiger partial charge in [-0.05, 0) is 54.4 Å². The van der Waals surface area contributed by atoms with Crippen molar-refractivity contribution in [1.82, 2.24) is 10.6 Å². The average Bonchev–Trinajstić information content (AvgIpc) is 2.79. The fourth-order valence-corrected chi connectivity index (χ4v) is 3.43. The second kappa shape index (κ2) is 5.87. The normalized spacial score (nSPS) is 20.1. The van der Waals surface area contributed by atoms with Gasteiger partial charge in [0, 0.05) is 6.54 Å². The van der Waals surface area contributed by atoms with Crippen molar-refractivity contribution in [2.24, 2.45) is 16.7 Å². The number of hydrogen-bond acceptors (Lipinski definition) is 2. The lowest BCUT2D eigenvalue weighted by molar-refractivity contribution is 0.457. The van der Waals surface area contributed by atoms with Gasteiger partial charge < -0.3 is 10.6 Å². The molecule has 0 radical (unpaired) electrons. The smallest absolute Gasteiger partial charge is 0.0208 e. The number of likely N-dealkylation sites (N-methyl/N-ethyl adjacent to an activating group) is 1. The van der Waals surface area contributed by atoms with E-state index in [9.17, 15) is 0 Å². The second-order valence-electron chi connectivity index (χ2n) is 7.25. The molecule has 0 saturated heterocycles. The third kappa shape index (κ3) is 2.91. The van der Waals surface area contributed by atoms with Crippen LogP contribution in [0.2, 0.25) is 0 Å². The van der Waals surface area contributed by atoms with Crippen molar-refractivity contribution in [3.63, 3.8) is 0 Å². The largest absolute Gasteiger partial charge is 0.319 e. The molecule has 2 heteroatoms. The Morgan fingerprint density at radius 2 is 1.60 bits per heavy atom. The zero-order valence-electron chi connectivity index (χ0n) is 13.7. The quantitative estimate of drug-likeness (QED) is 0.798. The third-order valence-corrected chi connectivity index (χ3v) is 5.75. The Hall–Kier alpha value is -0.860. The number of benzene rings is 1. The highest BCUT2D eigenvalue weighted by Crippen LogP contribution is 2.67. The van der Waals surface area contributed by atoms with Gasteiger partial charge in [-0.3, -0.25) is 0 Å². The summed E-state index contributed by atoms with van der Waals surface area (Å²) in [6.45, 7) is 12.7. The number of rotatable bonds is 7. The highest BCUT2D eigenvalue weighted by atomic mass is 14.9. The molecule has 0 bridgehead atoms. The number of hydrogen-bond donors (Lipinski definition) is 2. The first-order chi connectivity index (χ1) is 9.41. The van der Waals surface area contributed by atoms with Gasteiger partial charge in [-0.1, -0.05) is 52.0 Å². The monoisotopic (exact) mass is 274 g/mol. The molecule has 0 spiro atoms. The van der Waals surface area contributed by atoms with Gasteiger partial charge in [-0.15, -0.1) is 0 Å². The molecular weight excluding hydrogens is 244 g/mol. The van der Waals surface area contributed by atoms with E-state index in [-0.39, 0.29) is 0 Å². The second-order valence-corrected chi connectivity index (χ2v) is 7.25. The van der Waals surface area contributed by atoms with E-state index in [1.807, 2.05) is 7.05 Å². The van der Waals surface area contributed by atoms with E-state index in [0.29, 0.717) is 10.8 Å². The van der Waals surface area contributed by atoms with E-state index in [0.717, 1.165) is 32.0 Å². The summed E-state index contributed by atoms with van der Waals surface area (Å²) >= 11 is 0. The SMILES string of the molecule is CNCCc1ccccc1CNCC1C(C)(C)C1(C)C. The van der Waals surface area contributed by atoms with E-state index in [4.69, 9.17) is 0 Å². The minimum atomic E-state index is 0.478. The molecule has 2 nitrogen and oxygen atoms in total. The van der Waals surface area contributed by atoms with Crippen LogP contribution < -0.4 is 10.6 Å². The Morgan fingerprint density at radius 3 is 2.15 bits per heavy atom. The summed E-state index contributed by atoms with van der Waals surface area (Å²) in [5.74, 6) is 0.791. The van der Waals surface area contributed by atoms with Crippen molar-refractivity contribution >= 4 is 0 Å². The zero-order chi connectivity index (χ0) is 14.8. The maximum atomic E-state index is 3.67. The lowest BCUT2D eigenvalue weighted by Crippen LogP contribution is -2.20. The maximum Gasteiger partial charge on any atom is 0.0208 e. The molecule has 1 aliphatic carbocycles. The Kier molecular flexibility index (Phi) is 4.55. The summed E-state index contributed by atoms with van der Waals surface area (Å²) in [5.41, 5.74) is 3.86. The molecule has 0 amide bonds. The Labute approximate surface area is 124 Å². The maximum absolute atomic E-state index is 3.67. The number of nitrogens with one attached hydrogen (secondary N) is 2. The molecule has 0 aliphatic heterocycles. The molecule has 0 atom stereocenters. The van der Waals surface area contributed by atoms with Crippen LogP contribution in [0.5, 0.6) is 0 Å². The molecule has 0 unspecified atom stereocenters. The first kappa shape index (κ1) is 15.5. The Morgan fingerprint density at radius 1 is 1.00 bits per heavy atom. The predicted molar refractivity (Wildman–Crippen MR) is 86.8 cm³/mol. The van der Waals surface area contributed by atoms with Gasteiger partial charge >= 0.3 is 0 Å². The molecule has 1 aromatic carbocycles. The summed E-state index contributed by atoms with van der Waals surface area (Å²) in [6.07, 6.45) is 1.11. The van der Waals surface area contributed by atoms with Crippen LogP contribution in [0.1, 0.15) is 38.8 Å². The highest BCUT2D eigenvalue weighted by Gasteiger charge is 2.63. The van der Waals surface area contributed by atoms with Gasteiger partial charge in [-0.2, -0.15) is 0 Å². The predicted octanol–water partition coefficient (Wildman–Crippen LogP) is 3.22. The van der Waals surface area contributed by atoms with E-state index in [1.165, 1.54) is 11.1 Å². The summed E-state index contributed by atoms with van der Waals surface area (Å²) in [5, 5.41) is 6.90. The van der Waals surface area contributed by atoms with Crippen LogP contribution in [0.3, 0.4) is 0 Å². The van der Waals surface area contributed by atoms with E-state index >= 15 is 0 Å². The molecule has 2 rings (SSSR count). The molecule has 112 valence electrons. The highest BCUT2D eigenvalue weighted by molar-refractivity contribution is 5.27. The summed E-state index contributed by atoms with van der Waals surface area (Å²) in [7, 11) is 2.01. The zero-order valence-corrected chi connectivity index (χ0v) is 13.7. The first-order valence-corrected chi connectivity index (χ1v) is 7.83. The summed E-state index contributed by atoms with van der Waals surface area (Å²) in [4.78, 5) is 0. The van der Waals surface area contributed by atoms with Crippen LogP contribution in [-0.4, -0.2) is 20.1 Å². The van der Waals surface area contributed by atoms with Gasteiger partial charge in [0.1, 0.15) is 0 Å². The van der Waals surface area contributed by atoms with Gasteiger partial charge in [0.15, 0.2) is 0 Å². The molecule has 1 aliphatic rings. The molecule has 1 saturated carbocycles. The fourth-order valence-electron chi connectivity index (χ4n) is 3.43. The molecule has 20 heavy (non-hydrogen) atoms. The van der Waals surface area contributed by atoms with Crippen LogP contribution in [0.15, 0.2) is 24.3 Å². The molecule has 2 N–H and O–H groups in total.